The largest absolute Gasteiger partial charge is 0.335 e. The summed E-state index contributed by atoms with van der Waals surface area (Å²) in [6, 6.07) is 11.5. The Bertz CT molecular complexity index is 1160. The molecule has 0 aliphatic heterocycles. The minimum absolute atomic E-state index is 0.126. The van der Waals surface area contributed by atoms with E-state index in [1.807, 2.05) is 36.4 Å². The number of aromatic nitrogens is 4. The van der Waals surface area contributed by atoms with Gasteiger partial charge in [0.25, 0.3) is 5.56 Å². The van der Waals surface area contributed by atoms with Crippen LogP contribution in [0.1, 0.15) is 56.2 Å². The van der Waals surface area contributed by atoms with Gasteiger partial charge in [-0.1, -0.05) is 49.6 Å². The fraction of sp³-hybridized carbons (Fsp3) is 0.417. The lowest BCUT2D eigenvalue weighted by Gasteiger charge is -2.22. The van der Waals surface area contributed by atoms with Crippen molar-refractivity contribution in [1.82, 2.24) is 25.1 Å². The highest BCUT2D eigenvalue weighted by Gasteiger charge is 2.21. The third-order valence-electron chi connectivity index (χ3n) is 6.34. The lowest BCUT2D eigenvalue weighted by molar-refractivity contribution is 0.244. The fourth-order valence-electron chi connectivity index (χ4n) is 4.66. The number of aryl methyl sites for hydroxylation is 1. The maximum Gasteiger partial charge on any atom is 0.320 e. The molecule has 0 saturated heterocycles. The lowest BCUT2D eigenvalue weighted by Crippen LogP contribution is -2.39. The van der Waals surface area contributed by atoms with Gasteiger partial charge >= 0.3 is 6.03 Å². The molecule has 3 N–H and O–H groups in total. The molecule has 0 bridgehead atoms. The Balaban J connectivity index is 1.49. The van der Waals surface area contributed by atoms with E-state index in [1.165, 1.54) is 11.1 Å². The summed E-state index contributed by atoms with van der Waals surface area (Å²) < 4.78 is 1.53. The molecule has 2 aliphatic rings. The number of H-pyrrole nitrogens is 1. The summed E-state index contributed by atoms with van der Waals surface area (Å²) in [6.45, 7) is 0. The predicted octanol–water partition coefficient (Wildman–Crippen LogP) is 3.96. The molecule has 0 radical (unpaired) electrons. The molecule has 8 nitrogen and oxygen atoms in total. The minimum Gasteiger partial charge on any atom is -0.335 e. The summed E-state index contributed by atoms with van der Waals surface area (Å²) in [5, 5.41) is 10.7. The van der Waals surface area contributed by atoms with Gasteiger partial charge in [0.15, 0.2) is 0 Å². The summed E-state index contributed by atoms with van der Waals surface area (Å²) in [5.41, 5.74) is 3.07. The molecule has 32 heavy (non-hydrogen) atoms. The van der Waals surface area contributed by atoms with Crippen LogP contribution in [0.2, 0.25) is 0 Å². The second kappa shape index (κ2) is 8.98. The Morgan fingerprint density at radius 2 is 1.81 bits per heavy atom. The van der Waals surface area contributed by atoms with Crippen LogP contribution in [-0.2, 0) is 12.8 Å². The van der Waals surface area contributed by atoms with E-state index in [0.29, 0.717) is 17.5 Å². The Kier molecular flexibility index (Phi) is 5.75. The van der Waals surface area contributed by atoms with Crippen LogP contribution in [0.5, 0.6) is 0 Å². The molecule has 0 unspecified atom stereocenters. The summed E-state index contributed by atoms with van der Waals surface area (Å²) >= 11 is 0. The van der Waals surface area contributed by atoms with Gasteiger partial charge in [0.05, 0.1) is 11.4 Å². The molecule has 2 heterocycles. The van der Waals surface area contributed by atoms with E-state index in [1.54, 1.807) is 0 Å². The molecule has 2 amide bonds. The highest BCUT2D eigenvalue weighted by molar-refractivity contribution is 5.89. The first-order chi connectivity index (χ1) is 15.7. The second-order valence-corrected chi connectivity index (χ2v) is 8.65. The van der Waals surface area contributed by atoms with E-state index < -0.39 is 0 Å². The normalized spacial score (nSPS) is 16.4. The molecule has 2 aromatic heterocycles. The fourth-order valence-corrected chi connectivity index (χ4v) is 4.66. The SMILES string of the molecule is O=C(Nc1cc(-c2ccccc2)nn1-c1nc2c(c(=O)[nH]1)CCCC2)NC1CCCCC1. The molecular weight excluding hydrogens is 404 g/mol. The molecule has 1 saturated carbocycles. The molecular formula is C24H28N6O2. The van der Waals surface area contributed by atoms with Crippen LogP contribution in [0.4, 0.5) is 10.6 Å². The Labute approximate surface area is 186 Å². The maximum absolute atomic E-state index is 12.8. The van der Waals surface area contributed by atoms with E-state index in [0.717, 1.165) is 68.2 Å². The van der Waals surface area contributed by atoms with E-state index in [4.69, 9.17) is 4.98 Å². The van der Waals surface area contributed by atoms with E-state index >= 15 is 0 Å². The molecule has 3 aromatic rings. The number of rotatable bonds is 4. The average Bonchev–Trinajstić information content (AvgIpc) is 3.24. The summed E-state index contributed by atoms with van der Waals surface area (Å²) in [7, 11) is 0. The average molecular weight is 433 g/mol. The zero-order valence-electron chi connectivity index (χ0n) is 18.1. The number of carbonyl (C=O) groups is 1. The highest BCUT2D eigenvalue weighted by atomic mass is 16.2. The Morgan fingerprint density at radius 3 is 2.62 bits per heavy atom. The molecule has 0 atom stereocenters. The molecule has 1 aromatic carbocycles. The zero-order chi connectivity index (χ0) is 21.9. The minimum atomic E-state index is -0.266. The van der Waals surface area contributed by atoms with Gasteiger partial charge in [-0.25, -0.2) is 9.78 Å². The van der Waals surface area contributed by atoms with Crippen molar-refractivity contribution in [3.05, 3.63) is 58.0 Å². The number of amides is 2. The van der Waals surface area contributed by atoms with Gasteiger partial charge in [-0.15, -0.1) is 0 Å². The van der Waals surface area contributed by atoms with Crippen LogP contribution < -0.4 is 16.2 Å². The van der Waals surface area contributed by atoms with Crippen LogP contribution in [0.3, 0.4) is 0 Å². The van der Waals surface area contributed by atoms with E-state index in [2.05, 4.69) is 20.7 Å². The van der Waals surface area contributed by atoms with Crippen LogP contribution in [0.15, 0.2) is 41.2 Å². The van der Waals surface area contributed by atoms with Crippen molar-refractivity contribution in [1.29, 1.82) is 0 Å². The number of benzene rings is 1. The maximum atomic E-state index is 12.8. The van der Waals surface area contributed by atoms with Gasteiger partial charge < -0.3 is 5.32 Å². The van der Waals surface area contributed by atoms with Crippen molar-refractivity contribution in [3.63, 3.8) is 0 Å². The van der Waals surface area contributed by atoms with Gasteiger partial charge in [0.1, 0.15) is 5.82 Å². The predicted molar refractivity (Wildman–Crippen MR) is 123 cm³/mol. The molecule has 5 rings (SSSR count). The van der Waals surface area contributed by atoms with Gasteiger partial charge in [-0.3, -0.25) is 15.1 Å². The van der Waals surface area contributed by atoms with Gasteiger partial charge in [0, 0.05) is 23.2 Å². The monoisotopic (exact) mass is 432 g/mol. The van der Waals surface area contributed by atoms with E-state index in [9.17, 15) is 9.59 Å². The number of hydrogen-bond acceptors (Lipinski definition) is 4. The standard InChI is InChI=1S/C24H28N6O2/c31-22-18-13-7-8-14-19(18)26-23(28-22)30-21(15-20(29-30)16-9-3-1-4-10-16)27-24(32)25-17-11-5-2-6-12-17/h1,3-4,9-10,15,17H,2,5-8,11-14H2,(H2,25,27,32)(H,26,28,31). The van der Waals surface area contributed by atoms with Gasteiger partial charge in [-0.2, -0.15) is 9.78 Å². The van der Waals surface area contributed by atoms with Crippen molar-refractivity contribution in [3.8, 4) is 17.2 Å². The topological polar surface area (TPSA) is 105 Å². The number of hydrogen-bond donors (Lipinski definition) is 3. The van der Waals surface area contributed by atoms with Crippen LogP contribution in [0.25, 0.3) is 17.2 Å². The van der Waals surface area contributed by atoms with Gasteiger partial charge in [-0.05, 0) is 38.5 Å². The first-order valence-corrected chi connectivity index (χ1v) is 11.5. The molecule has 2 aliphatic carbocycles. The van der Waals surface area contributed by atoms with Crippen molar-refractivity contribution < 1.29 is 4.79 Å². The number of anilines is 1. The van der Waals surface area contributed by atoms with Crippen molar-refractivity contribution in [2.24, 2.45) is 0 Å². The van der Waals surface area contributed by atoms with Crippen molar-refractivity contribution in [2.75, 3.05) is 5.32 Å². The second-order valence-electron chi connectivity index (χ2n) is 8.65. The highest BCUT2D eigenvalue weighted by Crippen LogP contribution is 2.25. The van der Waals surface area contributed by atoms with Crippen LogP contribution in [0, 0.1) is 0 Å². The summed E-state index contributed by atoms with van der Waals surface area (Å²) in [4.78, 5) is 33.0. The number of fused-ring (bicyclic) bond motifs is 1. The third-order valence-corrected chi connectivity index (χ3v) is 6.34. The number of urea groups is 1. The van der Waals surface area contributed by atoms with Crippen molar-refractivity contribution >= 4 is 11.8 Å². The van der Waals surface area contributed by atoms with Crippen LogP contribution >= 0.6 is 0 Å². The summed E-state index contributed by atoms with van der Waals surface area (Å²) in [5.74, 6) is 0.793. The molecule has 1 fully saturated rings. The van der Waals surface area contributed by atoms with Crippen LogP contribution in [-0.4, -0.2) is 31.8 Å². The summed E-state index contributed by atoms with van der Waals surface area (Å²) in [6.07, 6.45) is 9.07. The first-order valence-electron chi connectivity index (χ1n) is 11.5. The number of nitrogens with one attached hydrogen (secondary N) is 3. The Hall–Kier alpha value is -3.42. The van der Waals surface area contributed by atoms with E-state index in [-0.39, 0.29) is 17.6 Å². The smallest absolute Gasteiger partial charge is 0.320 e. The lowest BCUT2D eigenvalue weighted by atomic mass is 9.96. The number of nitrogens with zero attached hydrogens (tertiary/aromatic N) is 3. The number of aromatic amines is 1. The third kappa shape index (κ3) is 4.30. The molecule has 0 spiro atoms. The van der Waals surface area contributed by atoms with Gasteiger partial charge in [0.2, 0.25) is 5.95 Å². The number of carbonyl (C=O) groups excluding carboxylic acids is 1. The van der Waals surface area contributed by atoms with Crippen molar-refractivity contribution in [2.45, 2.75) is 63.8 Å². The molecule has 8 heteroatoms. The first kappa shape index (κ1) is 20.5. The molecule has 166 valence electrons. The Morgan fingerprint density at radius 1 is 1.03 bits per heavy atom. The zero-order valence-corrected chi connectivity index (χ0v) is 18.1. The quantitative estimate of drug-likeness (QED) is 0.580.